The lowest BCUT2D eigenvalue weighted by Crippen LogP contribution is -2.56. The van der Waals surface area contributed by atoms with Gasteiger partial charge in [0.05, 0.1) is 11.7 Å². The van der Waals surface area contributed by atoms with E-state index in [4.69, 9.17) is 25.3 Å². The second-order valence-electron chi connectivity index (χ2n) is 12.4. The highest BCUT2D eigenvalue weighted by Crippen LogP contribution is 2.27. The SMILES string of the molecule is C=C(C(=O)O[SiH](O[Si](C)(C)C)O[Si](C)(C)C)C(CCC)O[Si](C)(O[Si](C)(C)C)O[Si](C)(C)C. The minimum Gasteiger partial charge on any atom is -0.473 e. The standard InChI is InChI=1S/C20H50O7Si6/c1-16-17-19(23-33(15,26-31(9,10)11)27-32(12,13)14)18(2)20(21)22-28(24-29(3,4)5)25-30(6,7)8/h19,28H,2,16-17H2,1,3-15H3. The van der Waals surface area contributed by atoms with Crippen molar-refractivity contribution in [3.8, 4) is 0 Å². The van der Waals surface area contributed by atoms with E-state index in [1.165, 1.54) is 0 Å². The third-order valence-corrected chi connectivity index (χ3v) is 19.8. The summed E-state index contributed by atoms with van der Waals surface area (Å²) >= 11 is 0. The van der Waals surface area contributed by atoms with Crippen molar-refractivity contribution in [2.24, 2.45) is 0 Å². The molecule has 0 aliphatic rings. The molecule has 1 unspecified atom stereocenters. The molecule has 196 valence electrons. The summed E-state index contributed by atoms with van der Waals surface area (Å²) in [6.07, 6.45) is 0.899. The molecule has 0 fully saturated rings. The quantitative estimate of drug-likeness (QED) is 0.178. The fourth-order valence-electron chi connectivity index (χ4n) is 2.95. The Morgan fingerprint density at radius 3 is 1.45 bits per heavy atom. The molecule has 0 spiro atoms. The minimum atomic E-state index is -3.03. The molecule has 0 amide bonds. The zero-order valence-electron chi connectivity index (χ0n) is 23.6. The molecule has 0 heterocycles. The topological polar surface area (TPSA) is 72.5 Å². The Labute approximate surface area is 210 Å². The predicted molar refractivity (Wildman–Crippen MR) is 152 cm³/mol. The second-order valence-corrected chi connectivity index (χ2v) is 35.6. The third-order valence-electron chi connectivity index (χ3n) is 3.64. The molecular weight excluding hydrogens is 521 g/mol. The van der Waals surface area contributed by atoms with Crippen LogP contribution >= 0.6 is 0 Å². The van der Waals surface area contributed by atoms with E-state index in [0.29, 0.717) is 6.42 Å². The first-order valence-corrected chi connectivity index (χ1v) is 29.1. The van der Waals surface area contributed by atoms with Crippen LogP contribution in [0.25, 0.3) is 0 Å². The van der Waals surface area contributed by atoms with E-state index in [2.05, 4.69) is 85.1 Å². The highest BCUT2D eigenvalue weighted by molar-refractivity contribution is 6.85. The molecule has 0 aliphatic carbocycles. The molecule has 0 saturated carbocycles. The van der Waals surface area contributed by atoms with E-state index in [-0.39, 0.29) is 5.57 Å². The summed E-state index contributed by atoms with van der Waals surface area (Å²) in [4.78, 5) is 13.2. The normalized spacial score (nSPS) is 15.0. The fourth-order valence-corrected chi connectivity index (χ4v) is 19.5. The maximum atomic E-state index is 13.2. The maximum Gasteiger partial charge on any atom is 0.530 e. The van der Waals surface area contributed by atoms with Gasteiger partial charge in [-0.2, -0.15) is 0 Å². The molecule has 0 rings (SSSR count). The van der Waals surface area contributed by atoms with Crippen LogP contribution in [0.4, 0.5) is 0 Å². The molecule has 0 N–H and O–H groups in total. The van der Waals surface area contributed by atoms with E-state index in [9.17, 15) is 4.79 Å². The van der Waals surface area contributed by atoms with Crippen LogP contribution in [0, 0.1) is 0 Å². The molecule has 7 nitrogen and oxygen atoms in total. The number of hydrogen-bond acceptors (Lipinski definition) is 7. The van der Waals surface area contributed by atoms with E-state index < -0.39 is 63.7 Å². The van der Waals surface area contributed by atoms with Crippen molar-refractivity contribution in [1.82, 2.24) is 0 Å². The third kappa shape index (κ3) is 16.6. The van der Waals surface area contributed by atoms with Gasteiger partial charge in [-0.1, -0.05) is 19.9 Å². The summed E-state index contributed by atoms with van der Waals surface area (Å²) < 4.78 is 37.5. The van der Waals surface area contributed by atoms with Gasteiger partial charge in [-0.05, 0) is 85.0 Å². The zero-order chi connectivity index (χ0) is 26.5. The van der Waals surface area contributed by atoms with Crippen LogP contribution in [0.5, 0.6) is 0 Å². The minimum absolute atomic E-state index is 0.268. The van der Waals surface area contributed by atoms with Crippen molar-refractivity contribution >= 4 is 57.6 Å². The lowest BCUT2D eigenvalue weighted by molar-refractivity contribution is -0.133. The molecule has 1 atom stereocenters. The summed E-state index contributed by atoms with van der Waals surface area (Å²) in [5, 5.41) is 0. The molecule has 33 heavy (non-hydrogen) atoms. The van der Waals surface area contributed by atoms with Gasteiger partial charge in [0.25, 0.3) is 0 Å². The van der Waals surface area contributed by atoms with Gasteiger partial charge < -0.3 is 25.3 Å². The Hall–Kier alpha value is 0.311. The Bertz CT molecular complexity index is 615. The second kappa shape index (κ2) is 12.5. The van der Waals surface area contributed by atoms with Crippen LogP contribution in [-0.2, 0) is 30.1 Å². The number of hydrogen-bond donors (Lipinski definition) is 0. The van der Waals surface area contributed by atoms with Crippen LogP contribution in [0.1, 0.15) is 19.8 Å². The highest BCUT2D eigenvalue weighted by atomic mass is 28.5. The summed E-state index contributed by atoms with van der Waals surface area (Å²) in [5.74, 6) is -0.515. The first kappa shape index (κ1) is 33.3. The van der Waals surface area contributed by atoms with Crippen molar-refractivity contribution in [3.05, 3.63) is 12.2 Å². The number of carbonyl (C=O) groups is 1. The summed E-state index contributed by atoms with van der Waals surface area (Å²) in [5.41, 5.74) is 0.268. The predicted octanol–water partition coefficient (Wildman–Crippen LogP) is 5.96. The Kier molecular flexibility index (Phi) is 12.6. The van der Waals surface area contributed by atoms with Gasteiger partial charge in [-0.3, -0.25) is 0 Å². The summed E-state index contributed by atoms with van der Waals surface area (Å²) in [6, 6.07) is 0. The van der Waals surface area contributed by atoms with E-state index in [0.717, 1.165) is 6.42 Å². The molecule has 0 bridgehead atoms. The molecule has 13 heteroatoms. The molecule has 0 aliphatic heterocycles. The van der Waals surface area contributed by atoms with Gasteiger partial charge in [0.2, 0.25) is 0 Å². The Balaban J connectivity index is 5.75. The average molecular weight is 571 g/mol. The Morgan fingerprint density at radius 1 is 0.758 bits per heavy atom. The summed E-state index contributed by atoms with van der Waals surface area (Å²) in [6.45, 7) is 33.1. The van der Waals surface area contributed by atoms with E-state index in [1.54, 1.807) is 0 Å². The first-order valence-electron chi connectivity index (χ1n) is 11.8. The Morgan fingerprint density at radius 2 is 1.15 bits per heavy atom. The van der Waals surface area contributed by atoms with E-state index in [1.807, 2.05) is 13.5 Å². The maximum absolute atomic E-state index is 13.2. The first-order chi connectivity index (χ1) is 14.5. The average Bonchev–Trinajstić information content (AvgIpc) is 2.45. The fraction of sp³-hybridized carbons (Fsp3) is 0.850. The van der Waals surface area contributed by atoms with Crippen molar-refractivity contribution in [2.75, 3.05) is 0 Å². The van der Waals surface area contributed by atoms with Crippen molar-refractivity contribution in [3.63, 3.8) is 0 Å². The molecule has 0 radical (unpaired) electrons. The monoisotopic (exact) mass is 570 g/mol. The van der Waals surface area contributed by atoms with Crippen molar-refractivity contribution < 1.29 is 30.1 Å². The molecule has 0 aromatic heterocycles. The van der Waals surface area contributed by atoms with Gasteiger partial charge in [-0.25, -0.2) is 4.79 Å². The zero-order valence-corrected chi connectivity index (χ0v) is 29.8. The lowest BCUT2D eigenvalue weighted by atomic mass is 10.1. The van der Waals surface area contributed by atoms with Gasteiger partial charge in [0, 0.05) is 6.55 Å². The molecular formula is C20H50O7Si6. The van der Waals surface area contributed by atoms with E-state index >= 15 is 0 Å². The van der Waals surface area contributed by atoms with Crippen molar-refractivity contribution in [1.29, 1.82) is 0 Å². The van der Waals surface area contributed by atoms with Crippen LogP contribution < -0.4 is 0 Å². The van der Waals surface area contributed by atoms with Crippen LogP contribution in [0.3, 0.4) is 0 Å². The molecule has 0 saturated heterocycles. The van der Waals surface area contributed by atoms with Crippen LogP contribution in [-0.4, -0.2) is 63.7 Å². The van der Waals surface area contributed by atoms with Gasteiger partial charge in [0.15, 0.2) is 33.3 Å². The lowest BCUT2D eigenvalue weighted by Gasteiger charge is -2.39. The number of rotatable bonds is 15. The van der Waals surface area contributed by atoms with Gasteiger partial charge >= 0.3 is 24.3 Å². The number of carbonyl (C=O) groups excluding carboxylic acids is 1. The largest absolute Gasteiger partial charge is 0.530 e. The van der Waals surface area contributed by atoms with Crippen LogP contribution in [0.2, 0.25) is 85.1 Å². The summed E-state index contributed by atoms with van der Waals surface area (Å²) in [7, 11) is -13.5. The van der Waals surface area contributed by atoms with Gasteiger partial charge in [0.1, 0.15) is 0 Å². The highest BCUT2D eigenvalue weighted by Gasteiger charge is 2.46. The smallest absolute Gasteiger partial charge is 0.473 e. The van der Waals surface area contributed by atoms with Crippen LogP contribution in [0.15, 0.2) is 12.2 Å². The van der Waals surface area contributed by atoms with Crippen molar-refractivity contribution in [2.45, 2.75) is 111 Å². The molecule has 0 aromatic carbocycles. The van der Waals surface area contributed by atoms with Gasteiger partial charge in [-0.15, -0.1) is 0 Å². The molecule has 0 aromatic rings.